The lowest BCUT2D eigenvalue weighted by Gasteiger charge is -2.24. The zero-order valence-corrected chi connectivity index (χ0v) is 12.8. The molecule has 0 unspecified atom stereocenters. The average molecular weight is 259 g/mol. The van der Waals surface area contributed by atoms with Gasteiger partial charge in [-0.2, -0.15) is 0 Å². The normalized spacial score (nSPS) is 18.3. The minimum atomic E-state index is 0.238. The lowest BCUT2D eigenvalue weighted by molar-refractivity contribution is 0.455. The molecule has 1 fully saturated rings. The topological polar surface area (TPSA) is 12.0 Å². The van der Waals surface area contributed by atoms with Crippen molar-refractivity contribution in [3.05, 3.63) is 35.4 Å². The summed E-state index contributed by atoms with van der Waals surface area (Å²) in [7, 11) is 0. The summed E-state index contributed by atoms with van der Waals surface area (Å²) >= 11 is 0. The molecule has 1 nitrogen and oxygen atoms in total. The third-order valence-electron chi connectivity index (χ3n) is 4.26. The predicted molar refractivity (Wildman–Crippen MR) is 83.5 cm³/mol. The maximum Gasteiger partial charge on any atom is 0.0211 e. The van der Waals surface area contributed by atoms with E-state index in [9.17, 15) is 0 Å². The van der Waals surface area contributed by atoms with Crippen LogP contribution in [0.15, 0.2) is 24.3 Å². The fourth-order valence-corrected chi connectivity index (χ4v) is 3.14. The van der Waals surface area contributed by atoms with Gasteiger partial charge in [0, 0.05) is 12.6 Å². The number of nitrogens with one attached hydrogen (secondary N) is 1. The maximum absolute atomic E-state index is 3.79. The monoisotopic (exact) mass is 259 g/mol. The van der Waals surface area contributed by atoms with E-state index in [1.54, 1.807) is 0 Å². The summed E-state index contributed by atoms with van der Waals surface area (Å²) in [6.07, 6.45) is 8.38. The zero-order chi connectivity index (χ0) is 13.7. The van der Waals surface area contributed by atoms with Crippen molar-refractivity contribution < 1.29 is 0 Å². The molecule has 0 aromatic heterocycles. The van der Waals surface area contributed by atoms with Crippen LogP contribution in [-0.4, -0.2) is 6.04 Å². The number of hydrogen-bond donors (Lipinski definition) is 1. The van der Waals surface area contributed by atoms with Gasteiger partial charge in [0.25, 0.3) is 0 Å². The van der Waals surface area contributed by atoms with Gasteiger partial charge in [0.2, 0.25) is 0 Å². The van der Waals surface area contributed by atoms with Crippen LogP contribution in [0.2, 0.25) is 0 Å². The fraction of sp³-hybridized carbons (Fsp3) is 0.667. The van der Waals surface area contributed by atoms with Crippen LogP contribution in [0.4, 0.5) is 0 Å². The average Bonchev–Trinajstić information content (AvgIpc) is 2.64. The Labute approximate surface area is 118 Å². The first-order valence-corrected chi connectivity index (χ1v) is 7.89. The first kappa shape index (κ1) is 14.6. The molecule has 2 rings (SSSR count). The highest BCUT2D eigenvalue weighted by Crippen LogP contribution is 2.26. The van der Waals surface area contributed by atoms with Crippen LogP contribution in [0, 0.1) is 0 Å². The summed E-state index contributed by atoms with van der Waals surface area (Å²) in [4.78, 5) is 0. The van der Waals surface area contributed by atoms with E-state index in [0.717, 1.165) is 12.6 Å². The smallest absolute Gasteiger partial charge is 0.0211 e. The lowest BCUT2D eigenvalue weighted by Crippen LogP contribution is -2.29. The third kappa shape index (κ3) is 4.35. The highest BCUT2D eigenvalue weighted by atomic mass is 14.9. The molecule has 0 spiro atoms. The Morgan fingerprint density at radius 2 is 1.63 bits per heavy atom. The van der Waals surface area contributed by atoms with E-state index in [1.807, 2.05) is 0 Å². The molecular formula is C18H29N. The van der Waals surface area contributed by atoms with Crippen LogP contribution >= 0.6 is 0 Å². The molecule has 19 heavy (non-hydrogen) atoms. The van der Waals surface area contributed by atoms with Gasteiger partial charge in [-0.25, -0.2) is 0 Å². The van der Waals surface area contributed by atoms with E-state index in [2.05, 4.69) is 50.4 Å². The van der Waals surface area contributed by atoms with Crippen molar-refractivity contribution in [2.75, 3.05) is 0 Å². The van der Waals surface area contributed by atoms with E-state index in [-0.39, 0.29) is 5.41 Å². The summed E-state index contributed by atoms with van der Waals surface area (Å²) in [5.74, 6) is 0. The van der Waals surface area contributed by atoms with Gasteiger partial charge in [-0.05, 0) is 29.4 Å². The first-order valence-electron chi connectivity index (χ1n) is 7.89. The van der Waals surface area contributed by atoms with E-state index in [0.29, 0.717) is 0 Å². The summed E-state index contributed by atoms with van der Waals surface area (Å²) in [5.41, 5.74) is 3.19. The van der Waals surface area contributed by atoms with Crippen molar-refractivity contribution in [1.29, 1.82) is 0 Å². The van der Waals surface area contributed by atoms with E-state index in [4.69, 9.17) is 0 Å². The van der Waals surface area contributed by atoms with E-state index in [1.165, 1.54) is 49.7 Å². The number of benzene rings is 1. The number of rotatable bonds is 3. The van der Waals surface area contributed by atoms with Crippen LogP contribution in [0.1, 0.15) is 70.4 Å². The second-order valence-corrected chi connectivity index (χ2v) is 6.98. The van der Waals surface area contributed by atoms with Gasteiger partial charge in [0.05, 0.1) is 0 Å². The molecule has 1 saturated carbocycles. The molecule has 0 bridgehead atoms. The second-order valence-electron chi connectivity index (χ2n) is 6.98. The SMILES string of the molecule is CC(C)(C)c1ccccc1CNC1CCCCCC1. The zero-order valence-electron chi connectivity index (χ0n) is 12.8. The standard InChI is InChI=1S/C18H29N/c1-18(2,3)17-13-9-8-10-15(17)14-19-16-11-6-4-5-7-12-16/h8-10,13,16,19H,4-7,11-12,14H2,1-3H3. The molecule has 1 heteroatoms. The first-order chi connectivity index (χ1) is 9.07. The number of hydrogen-bond acceptors (Lipinski definition) is 1. The van der Waals surface area contributed by atoms with E-state index < -0.39 is 0 Å². The molecule has 0 amide bonds. The van der Waals surface area contributed by atoms with Gasteiger partial charge in [-0.1, -0.05) is 70.7 Å². The Hall–Kier alpha value is -0.820. The Balaban J connectivity index is 1.99. The summed E-state index contributed by atoms with van der Waals surface area (Å²) in [6, 6.07) is 9.62. The Bertz CT molecular complexity index is 381. The molecule has 0 atom stereocenters. The molecule has 0 saturated heterocycles. The van der Waals surface area contributed by atoms with Crippen LogP contribution in [-0.2, 0) is 12.0 Å². The minimum Gasteiger partial charge on any atom is -0.310 e. The lowest BCUT2D eigenvalue weighted by atomic mass is 9.83. The molecular weight excluding hydrogens is 230 g/mol. The van der Waals surface area contributed by atoms with Crippen LogP contribution in [0.25, 0.3) is 0 Å². The molecule has 1 aliphatic rings. The van der Waals surface area contributed by atoms with Gasteiger partial charge in [0.1, 0.15) is 0 Å². The van der Waals surface area contributed by atoms with Crippen LogP contribution in [0.3, 0.4) is 0 Å². The summed E-state index contributed by atoms with van der Waals surface area (Å²) in [5, 5.41) is 3.79. The summed E-state index contributed by atoms with van der Waals surface area (Å²) < 4.78 is 0. The fourth-order valence-electron chi connectivity index (χ4n) is 3.14. The van der Waals surface area contributed by atoms with Crippen molar-refractivity contribution in [3.63, 3.8) is 0 Å². The van der Waals surface area contributed by atoms with Gasteiger partial charge < -0.3 is 5.32 Å². The Morgan fingerprint density at radius 3 is 2.26 bits per heavy atom. The third-order valence-corrected chi connectivity index (χ3v) is 4.26. The molecule has 0 heterocycles. The molecule has 1 aromatic carbocycles. The van der Waals surface area contributed by atoms with Crippen molar-refractivity contribution in [2.24, 2.45) is 0 Å². The highest BCUT2D eigenvalue weighted by Gasteiger charge is 2.18. The Kier molecular flexibility index (Phi) is 5.04. The molecule has 1 aliphatic carbocycles. The molecule has 0 aliphatic heterocycles. The van der Waals surface area contributed by atoms with Crippen molar-refractivity contribution >= 4 is 0 Å². The van der Waals surface area contributed by atoms with Crippen molar-refractivity contribution in [3.8, 4) is 0 Å². The van der Waals surface area contributed by atoms with E-state index >= 15 is 0 Å². The molecule has 1 aromatic rings. The van der Waals surface area contributed by atoms with Gasteiger partial charge in [0.15, 0.2) is 0 Å². The quantitative estimate of drug-likeness (QED) is 0.769. The molecule has 1 N–H and O–H groups in total. The van der Waals surface area contributed by atoms with Crippen LogP contribution < -0.4 is 5.32 Å². The Morgan fingerprint density at radius 1 is 1.00 bits per heavy atom. The maximum atomic E-state index is 3.79. The highest BCUT2D eigenvalue weighted by molar-refractivity contribution is 5.32. The van der Waals surface area contributed by atoms with Gasteiger partial charge in [-0.3, -0.25) is 0 Å². The summed E-state index contributed by atoms with van der Waals surface area (Å²) in [6.45, 7) is 7.94. The van der Waals surface area contributed by atoms with Gasteiger partial charge >= 0.3 is 0 Å². The second kappa shape index (κ2) is 6.56. The van der Waals surface area contributed by atoms with Crippen LogP contribution in [0.5, 0.6) is 0 Å². The molecule has 0 radical (unpaired) electrons. The van der Waals surface area contributed by atoms with Crippen molar-refractivity contribution in [2.45, 2.75) is 77.3 Å². The molecule has 106 valence electrons. The minimum absolute atomic E-state index is 0.238. The largest absolute Gasteiger partial charge is 0.310 e. The predicted octanol–water partition coefficient (Wildman–Crippen LogP) is 4.80. The van der Waals surface area contributed by atoms with Crippen molar-refractivity contribution in [1.82, 2.24) is 5.32 Å². The van der Waals surface area contributed by atoms with Gasteiger partial charge in [-0.15, -0.1) is 0 Å².